The van der Waals surface area contributed by atoms with Gasteiger partial charge in [0.2, 0.25) is 0 Å². The van der Waals surface area contributed by atoms with E-state index in [0.717, 1.165) is 35.1 Å². The van der Waals surface area contributed by atoms with Crippen LogP contribution in [0.3, 0.4) is 0 Å². The molecule has 0 saturated heterocycles. The molecule has 21 heavy (non-hydrogen) atoms. The van der Waals surface area contributed by atoms with Crippen LogP contribution in [0.5, 0.6) is 0 Å². The van der Waals surface area contributed by atoms with Crippen LogP contribution in [-0.4, -0.2) is 22.4 Å². The number of H-pyrrole nitrogens is 1. The van der Waals surface area contributed by atoms with Crippen molar-refractivity contribution >= 4 is 16.9 Å². The van der Waals surface area contributed by atoms with E-state index in [0.29, 0.717) is 23.8 Å². The van der Waals surface area contributed by atoms with E-state index in [2.05, 4.69) is 15.3 Å². The molecule has 3 heterocycles. The van der Waals surface area contributed by atoms with Crippen molar-refractivity contribution in [3.05, 3.63) is 41.2 Å². The fourth-order valence-electron chi connectivity index (χ4n) is 2.84. The third kappa shape index (κ3) is 1.85. The first-order valence-electron chi connectivity index (χ1n) is 7.09. The molecule has 1 aromatic carbocycles. The molecule has 0 saturated carbocycles. The molecule has 0 radical (unpaired) electrons. The minimum absolute atomic E-state index is 0.112. The van der Waals surface area contributed by atoms with Gasteiger partial charge >= 0.3 is 0 Å². The summed E-state index contributed by atoms with van der Waals surface area (Å²) in [5.74, 6) is 1.22. The lowest BCUT2D eigenvalue weighted by molar-refractivity contribution is 0.0951. The minimum atomic E-state index is -0.112. The van der Waals surface area contributed by atoms with Crippen LogP contribution in [0.1, 0.15) is 28.2 Å². The van der Waals surface area contributed by atoms with Gasteiger partial charge in [-0.25, -0.2) is 4.98 Å². The number of fused-ring (bicyclic) bond motifs is 2. The number of carbonyl (C=O) groups excluding carboxylic acids is 1. The summed E-state index contributed by atoms with van der Waals surface area (Å²) in [6.07, 6.45) is 1.74. The highest BCUT2D eigenvalue weighted by Crippen LogP contribution is 2.32. The summed E-state index contributed by atoms with van der Waals surface area (Å²) in [7, 11) is 0. The van der Waals surface area contributed by atoms with Crippen molar-refractivity contribution in [3.8, 4) is 11.6 Å². The second-order valence-corrected chi connectivity index (χ2v) is 5.32. The standard InChI is InChI=1S/C16H15N3O2/c1-9-10-5-2-3-7-12(10)21-14(9)15-18-11-6-4-8-17-16(20)13(11)19-15/h2-3,5,7H,4,6,8H2,1H3,(H,17,20)(H,18,19). The Morgan fingerprint density at radius 1 is 1.29 bits per heavy atom. The Labute approximate surface area is 121 Å². The molecule has 0 aliphatic carbocycles. The van der Waals surface area contributed by atoms with E-state index in [1.54, 1.807) is 0 Å². The van der Waals surface area contributed by atoms with Crippen LogP contribution >= 0.6 is 0 Å². The first kappa shape index (κ1) is 12.2. The molecular weight excluding hydrogens is 266 g/mol. The molecule has 2 aromatic heterocycles. The Morgan fingerprint density at radius 3 is 3.00 bits per heavy atom. The fraction of sp³-hybridized carbons (Fsp3) is 0.250. The third-order valence-corrected chi connectivity index (χ3v) is 3.94. The third-order valence-electron chi connectivity index (χ3n) is 3.94. The average molecular weight is 281 g/mol. The van der Waals surface area contributed by atoms with Crippen LogP contribution in [0, 0.1) is 6.92 Å². The smallest absolute Gasteiger partial charge is 0.271 e. The Morgan fingerprint density at radius 2 is 2.14 bits per heavy atom. The van der Waals surface area contributed by atoms with Crippen molar-refractivity contribution in [1.82, 2.24) is 15.3 Å². The molecule has 3 aromatic rings. The average Bonchev–Trinajstić information content (AvgIpc) is 3.01. The van der Waals surface area contributed by atoms with E-state index in [1.165, 1.54) is 0 Å². The predicted octanol–water partition coefficient (Wildman–Crippen LogP) is 2.81. The topological polar surface area (TPSA) is 70.9 Å². The van der Waals surface area contributed by atoms with Gasteiger partial charge in [0.1, 0.15) is 11.3 Å². The Kier molecular flexibility index (Phi) is 2.60. The number of para-hydroxylation sites is 1. The van der Waals surface area contributed by atoms with Gasteiger partial charge in [-0.15, -0.1) is 0 Å². The molecular formula is C16H15N3O2. The zero-order valence-corrected chi connectivity index (χ0v) is 11.7. The Bertz CT molecular complexity index is 844. The molecule has 0 unspecified atom stereocenters. The Hall–Kier alpha value is -2.56. The van der Waals surface area contributed by atoms with Crippen molar-refractivity contribution in [2.45, 2.75) is 19.8 Å². The second kappa shape index (κ2) is 4.48. The summed E-state index contributed by atoms with van der Waals surface area (Å²) >= 11 is 0. The molecule has 1 aliphatic rings. The number of rotatable bonds is 1. The quantitative estimate of drug-likeness (QED) is 0.720. The summed E-state index contributed by atoms with van der Waals surface area (Å²) in [6, 6.07) is 7.89. The van der Waals surface area contributed by atoms with Crippen molar-refractivity contribution in [2.24, 2.45) is 0 Å². The summed E-state index contributed by atoms with van der Waals surface area (Å²) in [5, 5.41) is 3.93. The molecule has 1 amide bonds. The normalized spacial score (nSPS) is 14.8. The number of imidazole rings is 1. The number of aromatic nitrogens is 2. The van der Waals surface area contributed by atoms with E-state index in [4.69, 9.17) is 4.42 Å². The number of benzene rings is 1. The van der Waals surface area contributed by atoms with Crippen molar-refractivity contribution in [1.29, 1.82) is 0 Å². The number of hydrogen-bond donors (Lipinski definition) is 2. The molecule has 4 rings (SSSR count). The van der Waals surface area contributed by atoms with Gasteiger partial charge < -0.3 is 14.7 Å². The van der Waals surface area contributed by atoms with Gasteiger partial charge in [-0.2, -0.15) is 0 Å². The van der Waals surface area contributed by atoms with Gasteiger partial charge in [-0.1, -0.05) is 18.2 Å². The SMILES string of the molecule is Cc1c(-c2nc3c([nH]2)CCCNC3=O)oc2ccccc12. The Balaban J connectivity index is 1.88. The van der Waals surface area contributed by atoms with Gasteiger partial charge in [0.05, 0.1) is 0 Å². The first-order valence-corrected chi connectivity index (χ1v) is 7.09. The number of amides is 1. The van der Waals surface area contributed by atoms with Gasteiger partial charge in [0, 0.05) is 23.2 Å². The predicted molar refractivity (Wildman–Crippen MR) is 79.2 cm³/mol. The maximum atomic E-state index is 12.0. The van der Waals surface area contributed by atoms with Gasteiger partial charge in [0.15, 0.2) is 11.6 Å². The molecule has 0 fully saturated rings. The monoisotopic (exact) mass is 281 g/mol. The largest absolute Gasteiger partial charge is 0.453 e. The van der Waals surface area contributed by atoms with E-state index in [9.17, 15) is 4.79 Å². The van der Waals surface area contributed by atoms with Crippen molar-refractivity contribution < 1.29 is 9.21 Å². The van der Waals surface area contributed by atoms with Gasteiger partial charge in [0.25, 0.3) is 5.91 Å². The lowest BCUT2D eigenvalue weighted by atomic mass is 10.1. The van der Waals surface area contributed by atoms with E-state index >= 15 is 0 Å². The second-order valence-electron chi connectivity index (χ2n) is 5.32. The number of furan rings is 1. The zero-order valence-electron chi connectivity index (χ0n) is 11.7. The number of aromatic amines is 1. The van der Waals surface area contributed by atoms with Crippen molar-refractivity contribution in [2.75, 3.05) is 6.54 Å². The van der Waals surface area contributed by atoms with Crippen LogP contribution in [-0.2, 0) is 6.42 Å². The van der Waals surface area contributed by atoms with Crippen LogP contribution in [0.2, 0.25) is 0 Å². The number of carbonyl (C=O) groups is 1. The highest BCUT2D eigenvalue weighted by molar-refractivity contribution is 5.95. The number of nitrogens with one attached hydrogen (secondary N) is 2. The van der Waals surface area contributed by atoms with E-state index in [1.807, 2.05) is 31.2 Å². The van der Waals surface area contributed by atoms with Crippen LogP contribution in [0.4, 0.5) is 0 Å². The molecule has 0 bridgehead atoms. The fourth-order valence-corrected chi connectivity index (χ4v) is 2.84. The number of hydrogen-bond acceptors (Lipinski definition) is 3. The molecule has 0 spiro atoms. The molecule has 1 aliphatic heterocycles. The highest BCUT2D eigenvalue weighted by Gasteiger charge is 2.23. The van der Waals surface area contributed by atoms with Crippen LogP contribution in [0.15, 0.2) is 28.7 Å². The van der Waals surface area contributed by atoms with E-state index in [-0.39, 0.29) is 5.91 Å². The summed E-state index contributed by atoms with van der Waals surface area (Å²) < 4.78 is 5.90. The summed E-state index contributed by atoms with van der Waals surface area (Å²) in [5.41, 5.74) is 3.25. The number of aryl methyl sites for hydroxylation is 2. The molecule has 5 heteroatoms. The maximum absolute atomic E-state index is 12.0. The van der Waals surface area contributed by atoms with Gasteiger partial charge in [-0.3, -0.25) is 4.79 Å². The lowest BCUT2D eigenvalue weighted by Crippen LogP contribution is -2.23. The van der Waals surface area contributed by atoms with Crippen LogP contribution in [0.25, 0.3) is 22.6 Å². The highest BCUT2D eigenvalue weighted by atomic mass is 16.3. The zero-order chi connectivity index (χ0) is 14.4. The minimum Gasteiger partial charge on any atom is -0.453 e. The van der Waals surface area contributed by atoms with Crippen LogP contribution < -0.4 is 5.32 Å². The maximum Gasteiger partial charge on any atom is 0.271 e. The molecule has 5 nitrogen and oxygen atoms in total. The van der Waals surface area contributed by atoms with Gasteiger partial charge in [-0.05, 0) is 25.8 Å². The van der Waals surface area contributed by atoms with Crippen molar-refractivity contribution in [3.63, 3.8) is 0 Å². The molecule has 106 valence electrons. The summed E-state index contributed by atoms with van der Waals surface area (Å²) in [4.78, 5) is 19.7. The molecule has 2 N–H and O–H groups in total. The molecule has 0 atom stereocenters. The lowest BCUT2D eigenvalue weighted by Gasteiger charge is -1.96. The first-order chi connectivity index (χ1) is 10.2. The summed E-state index contributed by atoms with van der Waals surface area (Å²) in [6.45, 7) is 2.71. The van der Waals surface area contributed by atoms with E-state index < -0.39 is 0 Å². The number of nitrogens with zero attached hydrogens (tertiary/aromatic N) is 1.